The van der Waals surface area contributed by atoms with Crippen LogP contribution in [-0.4, -0.2) is 42.9 Å². The second-order valence-electron chi connectivity index (χ2n) is 5.45. The van der Waals surface area contributed by atoms with E-state index >= 15 is 0 Å². The molecule has 96 valence electrons. The summed E-state index contributed by atoms with van der Waals surface area (Å²) < 4.78 is 11.4. The van der Waals surface area contributed by atoms with Crippen molar-refractivity contribution < 1.29 is 14.3 Å². The second kappa shape index (κ2) is 4.58. The quantitative estimate of drug-likeness (QED) is 0.696. The standard InChI is InChI=1S/C13H21NO3/c15-12(11-4-1-2-5-11)14-7-3-6-13(10-14)16-8-9-17-13/h11H,1-10H2. The molecule has 1 aliphatic carbocycles. The lowest BCUT2D eigenvalue weighted by molar-refractivity contribution is -0.194. The maximum atomic E-state index is 12.4. The highest BCUT2D eigenvalue weighted by Crippen LogP contribution is 2.33. The molecule has 0 aromatic heterocycles. The van der Waals surface area contributed by atoms with Crippen LogP contribution in [0.4, 0.5) is 0 Å². The topological polar surface area (TPSA) is 38.8 Å². The number of hydrogen-bond donors (Lipinski definition) is 0. The van der Waals surface area contributed by atoms with Crippen LogP contribution in [0, 0.1) is 5.92 Å². The lowest BCUT2D eigenvalue weighted by atomic mass is 10.0. The zero-order valence-corrected chi connectivity index (χ0v) is 10.3. The summed E-state index contributed by atoms with van der Waals surface area (Å²) >= 11 is 0. The highest BCUT2D eigenvalue weighted by Gasteiger charge is 2.43. The fourth-order valence-electron chi connectivity index (χ4n) is 3.34. The van der Waals surface area contributed by atoms with E-state index in [0.29, 0.717) is 25.7 Å². The monoisotopic (exact) mass is 239 g/mol. The minimum Gasteiger partial charge on any atom is -0.346 e. The van der Waals surface area contributed by atoms with E-state index in [2.05, 4.69) is 0 Å². The molecule has 17 heavy (non-hydrogen) atoms. The van der Waals surface area contributed by atoms with E-state index < -0.39 is 5.79 Å². The molecule has 3 aliphatic rings. The van der Waals surface area contributed by atoms with Crippen LogP contribution in [0.25, 0.3) is 0 Å². The van der Waals surface area contributed by atoms with Gasteiger partial charge in [0.25, 0.3) is 0 Å². The van der Waals surface area contributed by atoms with Gasteiger partial charge in [-0.05, 0) is 19.3 Å². The Kier molecular flexibility index (Phi) is 3.09. The lowest BCUT2D eigenvalue weighted by Gasteiger charge is -2.39. The molecule has 1 saturated carbocycles. The van der Waals surface area contributed by atoms with Crippen LogP contribution in [0.5, 0.6) is 0 Å². The molecule has 3 rings (SSSR count). The predicted octanol–water partition coefficient (Wildman–Crippen LogP) is 1.54. The summed E-state index contributed by atoms with van der Waals surface area (Å²) in [6, 6.07) is 0. The average Bonchev–Trinajstić information content (AvgIpc) is 3.00. The molecule has 0 radical (unpaired) electrons. The summed E-state index contributed by atoms with van der Waals surface area (Å²) in [7, 11) is 0. The van der Waals surface area contributed by atoms with Gasteiger partial charge in [0.2, 0.25) is 5.91 Å². The fourth-order valence-corrected chi connectivity index (χ4v) is 3.34. The van der Waals surface area contributed by atoms with Crippen LogP contribution >= 0.6 is 0 Å². The smallest absolute Gasteiger partial charge is 0.225 e. The van der Waals surface area contributed by atoms with Crippen molar-refractivity contribution >= 4 is 5.91 Å². The molecule has 1 amide bonds. The molecule has 0 aromatic carbocycles. The van der Waals surface area contributed by atoms with Crippen molar-refractivity contribution in [3.63, 3.8) is 0 Å². The maximum Gasteiger partial charge on any atom is 0.225 e. The third-order valence-corrected chi connectivity index (χ3v) is 4.25. The van der Waals surface area contributed by atoms with Crippen molar-refractivity contribution in [2.75, 3.05) is 26.3 Å². The first-order valence-corrected chi connectivity index (χ1v) is 6.86. The van der Waals surface area contributed by atoms with Crippen LogP contribution < -0.4 is 0 Å². The summed E-state index contributed by atoms with van der Waals surface area (Å²) in [6.07, 6.45) is 6.50. The van der Waals surface area contributed by atoms with Gasteiger partial charge in [0.15, 0.2) is 5.79 Å². The van der Waals surface area contributed by atoms with E-state index in [9.17, 15) is 4.79 Å². The van der Waals surface area contributed by atoms with Crippen molar-refractivity contribution in [2.24, 2.45) is 5.92 Å². The number of ether oxygens (including phenoxy) is 2. The van der Waals surface area contributed by atoms with Crippen LogP contribution in [0.3, 0.4) is 0 Å². The Morgan fingerprint density at radius 2 is 1.82 bits per heavy atom. The van der Waals surface area contributed by atoms with Gasteiger partial charge < -0.3 is 14.4 Å². The van der Waals surface area contributed by atoms with Gasteiger partial charge in [-0.2, -0.15) is 0 Å². The second-order valence-corrected chi connectivity index (χ2v) is 5.45. The molecule has 4 nitrogen and oxygen atoms in total. The number of rotatable bonds is 1. The van der Waals surface area contributed by atoms with Gasteiger partial charge in [0, 0.05) is 18.9 Å². The fraction of sp³-hybridized carbons (Fsp3) is 0.923. The summed E-state index contributed by atoms with van der Waals surface area (Å²) in [4.78, 5) is 14.3. The van der Waals surface area contributed by atoms with Gasteiger partial charge in [0.05, 0.1) is 19.8 Å². The summed E-state index contributed by atoms with van der Waals surface area (Å²) in [5, 5.41) is 0. The molecule has 4 heteroatoms. The number of amides is 1. The Morgan fingerprint density at radius 1 is 1.12 bits per heavy atom. The van der Waals surface area contributed by atoms with E-state index in [1.807, 2.05) is 4.90 Å². The van der Waals surface area contributed by atoms with Gasteiger partial charge in [-0.1, -0.05) is 12.8 Å². The van der Waals surface area contributed by atoms with E-state index in [1.54, 1.807) is 0 Å². The minimum atomic E-state index is -0.466. The predicted molar refractivity (Wildman–Crippen MR) is 62.4 cm³/mol. The first-order valence-electron chi connectivity index (χ1n) is 6.86. The maximum absolute atomic E-state index is 12.4. The van der Waals surface area contributed by atoms with Gasteiger partial charge in [-0.25, -0.2) is 0 Å². The Balaban J connectivity index is 1.64. The molecule has 2 heterocycles. The molecule has 0 N–H and O–H groups in total. The molecule has 0 atom stereocenters. The number of nitrogens with zero attached hydrogens (tertiary/aromatic N) is 1. The van der Waals surface area contributed by atoms with Gasteiger partial charge in [0.1, 0.15) is 0 Å². The average molecular weight is 239 g/mol. The van der Waals surface area contributed by atoms with Crippen LogP contribution in [0.15, 0.2) is 0 Å². The summed E-state index contributed by atoms with van der Waals surface area (Å²) in [5.74, 6) is 0.138. The van der Waals surface area contributed by atoms with Crippen molar-refractivity contribution in [1.82, 2.24) is 4.90 Å². The van der Waals surface area contributed by atoms with Crippen LogP contribution in [-0.2, 0) is 14.3 Å². The number of piperidine rings is 1. The minimum absolute atomic E-state index is 0.270. The molecule has 2 saturated heterocycles. The molecular formula is C13H21NO3. The van der Waals surface area contributed by atoms with E-state index in [4.69, 9.17) is 9.47 Å². The summed E-state index contributed by atoms with van der Waals surface area (Å²) in [5.41, 5.74) is 0. The molecule has 0 unspecified atom stereocenters. The Hall–Kier alpha value is -0.610. The van der Waals surface area contributed by atoms with Crippen molar-refractivity contribution in [2.45, 2.75) is 44.3 Å². The molecule has 2 aliphatic heterocycles. The zero-order valence-electron chi connectivity index (χ0n) is 10.3. The normalized spacial score (nSPS) is 29.1. The van der Waals surface area contributed by atoms with Crippen molar-refractivity contribution in [1.29, 1.82) is 0 Å². The number of likely N-dealkylation sites (tertiary alicyclic amines) is 1. The van der Waals surface area contributed by atoms with Crippen molar-refractivity contribution in [3.8, 4) is 0 Å². The number of carbonyl (C=O) groups is 1. The number of hydrogen-bond acceptors (Lipinski definition) is 3. The third kappa shape index (κ3) is 2.20. The SMILES string of the molecule is O=C(C1CCCC1)N1CCCC2(C1)OCCO2. The largest absolute Gasteiger partial charge is 0.346 e. The Labute approximate surface area is 102 Å². The van der Waals surface area contributed by atoms with E-state index in [1.165, 1.54) is 12.8 Å². The van der Waals surface area contributed by atoms with E-state index in [0.717, 1.165) is 32.2 Å². The zero-order chi connectivity index (χ0) is 11.7. The summed E-state index contributed by atoms with van der Waals surface area (Å²) in [6.45, 7) is 2.86. The molecule has 3 fully saturated rings. The Bertz CT molecular complexity index is 293. The molecular weight excluding hydrogens is 218 g/mol. The Morgan fingerprint density at radius 3 is 2.53 bits per heavy atom. The first kappa shape index (κ1) is 11.5. The van der Waals surface area contributed by atoms with Gasteiger partial charge in [-0.15, -0.1) is 0 Å². The lowest BCUT2D eigenvalue weighted by Crippen LogP contribution is -2.52. The van der Waals surface area contributed by atoms with Crippen LogP contribution in [0.1, 0.15) is 38.5 Å². The first-order chi connectivity index (χ1) is 8.29. The third-order valence-electron chi connectivity index (χ3n) is 4.25. The van der Waals surface area contributed by atoms with Gasteiger partial charge in [-0.3, -0.25) is 4.79 Å². The molecule has 1 spiro atoms. The van der Waals surface area contributed by atoms with E-state index in [-0.39, 0.29) is 5.92 Å². The number of carbonyl (C=O) groups excluding carboxylic acids is 1. The van der Waals surface area contributed by atoms with Crippen LogP contribution in [0.2, 0.25) is 0 Å². The van der Waals surface area contributed by atoms with Gasteiger partial charge >= 0.3 is 0 Å². The highest BCUT2D eigenvalue weighted by atomic mass is 16.7. The molecule has 0 bridgehead atoms. The highest BCUT2D eigenvalue weighted by molar-refractivity contribution is 5.79. The van der Waals surface area contributed by atoms with Crippen molar-refractivity contribution in [3.05, 3.63) is 0 Å². The molecule has 0 aromatic rings.